The van der Waals surface area contributed by atoms with Gasteiger partial charge in [0.15, 0.2) is 5.16 Å². The third-order valence-electron chi connectivity index (χ3n) is 5.11. The van der Waals surface area contributed by atoms with Crippen LogP contribution in [-0.4, -0.2) is 27.3 Å². The van der Waals surface area contributed by atoms with E-state index in [4.69, 9.17) is 4.98 Å². The summed E-state index contributed by atoms with van der Waals surface area (Å²) in [6, 6.07) is 18.9. The molecule has 0 spiro atoms. The number of para-hydroxylation sites is 2. The van der Waals surface area contributed by atoms with Gasteiger partial charge in [-0.3, -0.25) is 4.79 Å². The molecular formula is C22H25N3OS. The minimum absolute atomic E-state index is 0.116. The van der Waals surface area contributed by atoms with Gasteiger partial charge >= 0.3 is 0 Å². The first-order chi connectivity index (χ1) is 13.3. The number of amides is 1. The number of nitrogens with one attached hydrogen (secondary N) is 1. The van der Waals surface area contributed by atoms with Crippen molar-refractivity contribution < 1.29 is 4.79 Å². The van der Waals surface area contributed by atoms with Crippen LogP contribution in [0.3, 0.4) is 0 Å². The number of aromatic nitrogens is 2. The zero-order valence-corrected chi connectivity index (χ0v) is 16.3. The van der Waals surface area contributed by atoms with Crippen LogP contribution in [0.25, 0.3) is 11.0 Å². The Kier molecular flexibility index (Phi) is 5.78. The molecule has 0 aliphatic heterocycles. The maximum absolute atomic E-state index is 12.4. The molecule has 1 N–H and O–H groups in total. The molecule has 2 aromatic carbocycles. The van der Waals surface area contributed by atoms with Crippen LogP contribution < -0.4 is 5.32 Å². The van der Waals surface area contributed by atoms with E-state index in [0.29, 0.717) is 11.8 Å². The van der Waals surface area contributed by atoms with Gasteiger partial charge in [-0.25, -0.2) is 4.98 Å². The first-order valence-electron chi connectivity index (χ1n) is 9.71. The van der Waals surface area contributed by atoms with Crippen molar-refractivity contribution in [2.24, 2.45) is 0 Å². The lowest BCUT2D eigenvalue weighted by molar-refractivity contribution is -0.119. The number of nitrogens with zero attached hydrogens (tertiary/aromatic N) is 2. The van der Waals surface area contributed by atoms with Crippen LogP contribution in [0, 0.1) is 0 Å². The monoisotopic (exact) mass is 379 g/mol. The van der Waals surface area contributed by atoms with Gasteiger partial charge in [-0.05, 0) is 30.5 Å². The van der Waals surface area contributed by atoms with Crippen molar-refractivity contribution in [1.82, 2.24) is 14.9 Å². The number of imidazole rings is 1. The predicted molar refractivity (Wildman–Crippen MR) is 111 cm³/mol. The van der Waals surface area contributed by atoms with Crippen molar-refractivity contribution in [3.8, 4) is 0 Å². The van der Waals surface area contributed by atoms with Crippen molar-refractivity contribution in [3.05, 3.63) is 60.2 Å². The SMILES string of the molecule is O=C(CSc1nc2ccccc2n1Cc1ccccc1)NC1CCCCC1. The molecule has 0 radical (unpaired) electrons. The first-order valence-corrected chi connectivity index (χ1v) is 10.7. The van der Waals surface area contributed by atoms with Crippen LogP contribution >= 0.6 is 11.8 Å². The molecular weight excluding hydrogens is 354 g/mol. The Morgan fingerprint density at radius 2 is 1.78 bits per heavy atom. The molecule has 1 heterocycles. The number of carbonyl (C=O) groups is 1. The molecule has 3 aromatic rings. The summed E-state index contributed by atoms with van der Waals surface area (Å²) >= 11 is 1.53. The Balaban J connectivity index is 1.48. The van der Waals surface area contributed by atoms with Gasteiger partial charge in [-0.15, -0.1) is 0 Å². The van der Waals surface area contributed by atoms with Gasteiger partial charge in [-0.1, -0.05) is 73.5 Å². The summed E-state index contributed by atoms with van der Waals surface area (Å²) in [5.74, 6) is 0.527. The lowest BCUT2D eigenvalue weighted by Crippen LogP contribution is -2.37. The third-order valence-corrected chi connectivity index (χ3v) is 6.08. The quantitative estimate of drug-likeness (QED) is 0.636. The second-order valence-corrected chi connectivity index (χ2v) is 8.09. The maximum atomic E-state index is 12.4. The smallest absolute Gasteiger partial charge is 0.230 e. The number of fused-ring (bicyclic) bond motifs is 1. The minimum Gasteiger partial charge on any atom is -0.353 e. The number of carbonyl (C=O) groups excluding carboxylic acids is 1. The lowest BCUT2D eigenvalue weighted by Gasteiger charge is -2.22. The largest absolute Gasteiger partial charge is 0.353 e. The van der Waals surface area contributed by atoms with Crippen molar-refractivity contribution in [2.75, 3.05) is 5.75 Å². The minimum atomic E-state index is 0.116. The van der Waals surface area contributed by atoms with Gasteiger partial charge in [0.1, 0.15) is 0 Å². The molecule has 1 aliphatic rings. The van der Waals surface area contributed by atoms with Crippen molar-refractivity contribution in [3.63, 3.8) is 0 Å². The average molecular weight is 380 g/mol. The van der Waals surface area contributed by atoms with Gasteiger partial charge < -0.3 is 9.88 Å². The number of benzene rings is 2. The molecule has 0 bridgehead atoms. The Hall–Kier alpha value is -2.27. The zero-order valence-electron chi connectivity index (χ0n) is 15.4. The van der Waals surface area contributed by atoms with Crippen molar-refractivity contribution >= 4 is 28.7 Å². The summed E-state index contributed by atoms with van der Waals surface area (Å²) in [5.41, 5.74) is 3.31. The molecule has 1 fully saturated rings. The molecule has 0 saturated heterocycles. The summed E-state index contributed by atoms with van der Waals surface area (Å²) in [5, 5.41) is 4.10. The molecule has 1 aliphatic carbocycles. The van der Waals surface area contributed by atoms with E-state index in [0.717, 1.165) is 35.6 Å². The molecule has 0 unspecified atom stereocenters. The molecule has 1 amide bonds. The average Bonchev–Trinajstić information content (AvgIpc) is 3.06. The van der Waals surface area contributed by atoms with E-state index in [-0.39, 0.29) is 5.91 Å². The molecule has 5 heteroatoms. The Labute approximate surface area is 164 Å². The van der Waals surface area contributed by atoms with Crippen LogP contribution in [0.4, 0.5) is 0 Å². The molecule has 1 aromatic heterocycles. The van der Waals surface area contributed by atoms with Gasteiger partial charge in [0, 0.05) is 6.04 Å². The Morgan fingerprint density at radius 1 is 1.04 bits per heavy atom. The van der Waals surface area contributed by atoms with E-state index < -0.39 is 0 Å². The second kappa shape index (κ2) is 8.61. The standard InChI is InChI=1S/C22H25N3OS/c26-21(23-18-11-5-2-6-12-18)16-27-22-24-19-13-7-8-14-20(19)25(22)15-17-9-3-1-4-10-17/h1,3-4,7-10,13-14,18H,2,5-6,11-12,15-16H2,(H,23,26). The van der Waals surface area contributed by atoms with Crippen LogP contribution in [0.5, 0.6) is 0 Å². The van der Waals surface area contributed by atoms with Crippen molar-refractivity contribution in [1.29, 1.82) is 0 Å². The van der Waals surface area contributed by atoms with E-state index >= 15 is 0 Å². The summed E-state index contributed by atoms with van der Waals surface area (Å²) in [6.45, 7) is 0.758. The molecule has 140 valence electrons. The summed E-state index contributed by atoms with van der Waals surface area (Å²) in [4.78, 5) is 17.2. The maximum Gasteiger partial charge on any atom is 0.230 e. The van der Waals surface area contributed by atoms with Crippen LogP contribution in [-0.2, 0) is 11.3 Å². The molecule has 1 saturated carbocycles. The van der Waals surface area contributed by atoms with E-state index in [9.17, 15) is 4.79 Å². The van der Waals surface area contributed by atoms with Gasteiger partial charge in [-0.2, -0.15) is 0 Å². The van der Waals surface area contributed by atoms with Crippen LogP contribution in [0.1, 0.15) is 37.7 Å². The van der Waals surface area contributed by atoms with E-state index in [1.54, 1.807) is 0 Å². The predicted octanol–water partition coefficient (Wildman–Crippen LogP) is 4.63. The van der Waals surface area contributed by atoms with E-state index in [1.807, 2.05) is 24.3 Å². The highest BCUT2D eigenvalue weighted by Crippen LogP contribution is 2.25. The highest BCUT2D eigenvalue weighted by molar-refractivity contribution is 7.99. The van der Waals surface area contributed by atoms with Crippen LogP contribution in [0.15, 0.2) is 59.8 Å². The van der Waals surface area contributed by atoms with Gasteiger partial charge in [0.05, 0.1) is 23.3 Å². The Morgan fingerprint density at radius 3 is 2.59 bits per heavy atom. The summed E-state index contributed by atoms with van der Waals surface area (Å²) in [6.07, 6.45) is 5.98. The van der Waals surface area contributed by atoms with Gasteiger partial charge in [0.2, 0.25) is 5.91 Å². The highest BCUT2D eigenvalue weighted by Gasteiger charge is 2.17. The Bertz CT molecular complexity index is 900. The molecule has 4 rings (SSSR count). The fourth-order valence-electron chi connectivity index (χ4n) is 3.73. The van der Waals surface area contributed by atoms with Crippen molar-refractivity contribution in [2.45, 2.75) is 49.8 Å². The molecule has 27 heavy (non-hydrogen) atoms. The summed E-state index contributed by atoms with van der Waals surface area (Å²) < 4.78 is 2.21. The highest BCUT2D eigenvalue weighted by atomic mass is 32.2. The van der Waals surface area contributed by atoms with Gasteiger partial charge in [0.25, 0.3) is 0 Å². The topological polar surface area (TPSA) is 46.9 Å². The number of hydrogen-bond acceptors (Lipinski definition) is 3. The lowest BCUT2D eigenvalue weighted by atomic mass is 9.95. The summed E-state index contributed by atoms with van der Waals surface area (Å²) in [7, 11) is 0. The van der Waals surface area contributed by atoms with E-state index in [1.165, 1.54) is 36.6 Å². The third kappa shape index (κ3) is 4.53. The molecule has 4 nitrogen and oxygen atoms in total. The van der Waals surface area contributed by atoms with E-state index in [2.05, 4.69) is 40.2 Å². The zero-order chi connectivity index (χ0) is 18.5. The molecule has 0 atom stereocenters. The fourth-order valence-corrected chi connectivity index (χ4v) is 4.55. The second-order valence-electron chi connectivity index (χ2n) is 7.15. The number of rotatable bonds is 6. The first kappa shape index (κ1) is 18.1. The fraction of sp³-hybridized carbons (Fsp3) is 0.364. The number of thioether (sulfide) groups is 1. The normalized spacial score (nSPS) is 15.1. The number of hydrogen-bond donors (Lipinski definition) is 1. The van der Waals surface area contributed by atoms with Crippen LogP contribution in [0.2, 0.25) is 0 Å².